The summed E-state index contributed by atoms with van der Waals surface area (Å²) in [5.41, 5.74) is 2.70. The molecule has 98 valence electrons. The number of rotatable bonds is 5. The molecule has 18 heavy (non-hydrogen) atoms. The lowest BCUT2D eigenvalue weighted by atomic mass is 10.1. The van der Waals surface area contributed by atoms with Gasteiger partial charge in [0.05, 0.1) is 0 Å². The van der Waals surface area contributed by atoms with Gasteiger partial charge in [-0.3, -0.25) is 9.59 Å². The molecule has 0 aliphatic carbocycles. The highest BCUT2D eigenvalue weighted by atomic mass is 16.4. The summed E-state index contributed by atoms with van der Waals surface area (Å²) < 4.78 is 0. The van der Waals surface area contributed by atoms with Crippen LogP contribution in [0.1, 0.15) is 41.3 Å². The van der Waals surface area contributed by atoms with Gasteiger partial charge in [0.2, 0.25) is 0 Å². The van der Waals surface area contributed by atoms with E-state index < -0.39 is 5.97 Å². The van der Waals surface area contributed by atoms with E-state index in [1.807, 2.05) is 39.0 Å². The predicted octanol–water partition coefficient (Wildman–Crippen LogP) is 2.29. The van der Waals surface area contributed by atoms with Gasteiger partial charge in [-0.1, -0.05) is 17.2 Å². The van der Waals surface area contributed by atoms with E-state index in [2.05, 4.69) is 5.32 Å². The summed E-state index contributed by atoms with van der Waals surface area (Å²) in [5, 5.41) is 11.4. The number of aliphatic carboxylic acids is 1. The average molecular weight is 249 g/mol. The molecule has 4 nitrogen and oxygen atoms in total. The van der Waals surface area contributed by atoms with E-state index in [4.69, 9.17) is 5.11 Å². The lowest BCUT2D eigenvalue weighted by Crippen LogP contribution is -2.33. The Hall–Kier alpha value is -1.84. The number of hydrogen-bond acceptors (Lipinski definition) is 2. The molecule has 0 heterocycles. The van der Waals surface area contributed by atoms with Gasteiger partial charge in [-0.05, 0) is 39.3 Å². The Balaban J connectivity index is 2.61. The molecule has 0 saturated heterocycles. The Kier molecular flexibility index (Phi) is 4.89. The van der Waals surface area contributed by atoms with Gasteiger partial charge in [-0.2, -0.15) is 0 Å². The Labute approximate surface area is 107 Å². The zero-order valence-corrected chi connectivity index (χ0v) is 11.0. The number of carboxylic acids is 1. The van der Waals surface area contributed by atoms with Crippen molar-refractivity contribution in [3.63, 3.8) is 0 Å². The summed E-state index contributed by atoms with van der Waals surface area (Å²) in [6, 6.07) is 5.51. The minimum Gasteiger partial charge on any atom is -0.481 e. The first-order valence-electron chi connectivity index (χ1n) is 5.99. The third-order valence-corrected chi connectivity index (χ3v) is 2.65. The van der Waals surface area contributed by atoms with E-state index in [0.29, 0.717) is 12.0 Å². The van der Waals surface area contributed by atoms with Crippen LogP contribution in [0.2, 0.25) is 0 Å². The van der Waals surface area contributed by atoms with Crippen LogP contribution in [0.4, 0.5) is 0 Å². The molecule has 0 radical (unpaired) electrons. The van der Waals surface area contributed by atoms with Crippen LogP contribution >= 0.6 is 0 Å². The summed E-state index contributed by atoms with van der Waals surface area (Å²) >= 11 is 0. The Morgan fingerprint density at radius 2 is 1.78 bits per heavy atom. The molecule has 0 saturated carbocycles. The van der Waals surface area contributed by atoms with Gasteiger partial charge in [-0.25, -0.2) is 0 Å². The quantitative estimate of drug-likeness (QED) is 0.841. The molecule has 2 N–H and O–H groups in total. The summed E-state index contributed by atoms with van der Waals surface area (Å²) in [7, 11) is 0. The average Bonchev–Trinajstić information content (AvgIpc) is 2.25. The minimum absolute atomic E-state index is 0.0638. The fourth-order valence-corrected chi connectivity index (χ4v) is 1.83. The van der Waals surface area contributed by atoms with Gasteiger partial charge in [-0.15, -0.1) is 0 Å². The van der Waals surface area contributed by atoms with E-state index in [0.717, 1.165) is 11.1 Å². The van der Waals surface area contributed by atoms with Gasteiger partial charge < -0.3 is 10.4 Å². The van der Waals surface area contributed by atoms with Crippen LogP contribution in [0.15, 0.2) is 18.2 Å². The van der Waals surface area contributed by atoms with Crippen LogP contribution in [0.5, 0.6) is 0 Å². The number of benzene rings is 1. The van der Waals surface area contributed by atoms with E-state index in [1.54, 1.807) is 0 Å². The number of nitrogens with one attached hydrogen (secondary N) is 1. The summed E-state index contributed by atoms with van der Waals surface area (Å²) in [6.45, 7) is 5.69. The molecule has 1 rings (SSSR count). The molecular formula is C14H19NO3. The van der Waals surface area contributed by atoms with Crippen molar-refractivity contribution < 1.29 is 14.7 Å². The van der Waals surface area contributed by atoms with Crippen LogP contribution in [-0.4, -0.2) is 23.0 Å². The van der Waals surface area contributed by atoms with Gasteiger partial charge in [0.25, 0.3) is 5.91 Å². The molecule has 0 aliphatic heterocycles. The lowest BCUT2D eigenvalue weighted by molar-refractivity contribution is -0.137. The number of amides is 1. The molecule has 1 aromatic carbocycles. The van der Waals surface area contributed by atoms with E-state index >= 15 is 0 Å². The summed E-state index contributed by atoms with van der Waals surface area (Å²) in [4.78, 5) is 22.4. The van der Waals surface area contributed by atoms with E-state index in [9.17, 15) is 9.59 Å². The Morgan fingerprint density at radius 1 is 1.22 bits per heavy atom. The van der Waals surface area contributed by atoms with Crippen molar-refractivity contribution in [2.75, 3.05) is 0 Å². The summed E-state index contributed by atoms with van der Waals surface area (Å²) in [5.74, 6) is -0.998. The molecule has 1 amide bonds. The van der Waals surface area contributed by atoms with Gasteiger partial charge >= 0.3 is 5.97 Å². The fraction of sp³-hybridized carbons (Fsp3) is 0.429. The SMILES string of the molecule is Cc1cc(C)cc(C(=O)NC(C)CCC(=O)O)c1. The number of aryl methyl sites for hydroxylation is 2. The van der Waals surface area contributed by atoms with Gasteiger partial charge in [0.1, 0.15) is 0 Å². The maximum absolute atomic E-state index is 11.9. The molecule has 0 fully saturated rings. The molecule has 1 atom stereocenters. The monoisotopic (exact) mass is 249 g/mol. The third kappa shape index (κ3) is 4.57. The van der Waals surface area contributed by atoms with Gasteiger partial charge in [0.15, 0.2) is 0 Å². The molecule has 4 heteroatoms. The predicted molar refractivity (Wildman–Crippen MR) is 69.7 cm³/mol. The highest BCUT2D eigenvalue weighted by Gasteiger charge is 2.11. The van der Waals surface area contributed by atoms with Crippen LogP contribution < -0.4 is 5.32 Å². The van der Waals surface area contributed by atoms with E-state index in [1.165, 1.54) is 0 Å². The Morgan fingerprint density at radius 3 is 2.28 bits per heavy atom. The van der Waals surface area contributed by atoms with E-state index in [-0.39, 0.29) is 18.4 Å². The van der Waals surface area contributed by atoms with Crippen molar-refractivity contribution in [2.45, 2.75) is 39.7 Å². The van der Waals surface area contributed by atoms with Gasteiger partial charge in [0, 0.05) is 18.0 Å². The zero-order chi connectivity index (χ0) is 13.7. The highest BCUT2D eigenvalue weighted by molar-refractivity contribution is 5.94. The number of hydrogen-bond donors (Lipinski definition) is 2. The smallest absolute Gasteiger partial charge is 0.303 e. The molecule has 0 aliphatic rings. The first-order chi connectivity index (χ1) is 8.38. The lowest BCUT2D eigenvalue weighted by Gasteiger charge is -2.13. The van der Waals surface area contributed by atoms with Crippen molar-refractivity contribution >= 4 is 11.9 Å². The number of carbonyl (C=O) groups is 2. The zero-order valence-electron chi connectivity index (χ0n) is 11.0. The van der Waals surface area contributed by atoms with Crippen molar-refractivity contribution in [3.05, 3.63) is 34.9 Å². The van der Waals surface area contributed by atoms with Crippen molar-refractivity contribution in [1.82, 2.24) is 5.32 Å². The second-order valence-corrected chi connectivity index (χ2v) is 4.68. The van der Waals surface area contributed by atoms with Crippen LogP contribution in [0.3, 0.4) is 0 Å². The van der Waals surface area contributed by atoms with Crippen molar-refractivity contribution in [1.29, 1.82) is 0 Å². The highest BCUT2D eigenvalue weighted by Crippen LogP contribution is 2.09. The molecular weight excluding hydrogens is 230 g/mol. The number of carbonyl (C=O) groups excluding carboxylic acids is 1. The normalized spacial score (nSPS) is 11.9. The summed E-state index contributed by atoms with van der Waals surface area (Å²) in [6.07, 6.45) is 0.500. The maximum atomic E-state index is 11.9. The first kappa shape index (κ1) is 14.2. The van der Waals surface area contributed by atoms with Crippen molar-refractivity contribution in [3.8, 4) is 0 Å². The third-order valence-electron chi connectivity index (χ3n) is 2.65. The fourth-order valence-electron chi connectivity index (χ4n) is 1.83. The van der Waals surface area contributed by atoms with Crippen LogP contribution in [0, 0.1) is 13.8 Å². The van der Waals surface area contributed by atoms with Crippen LogP contribution in [0.25, 0.3) is 0 Å². The molecule has 1 unspecified atom stereocenters. The molecule has 0 aromatic heterocycles. The first-order valence-corrected chi connectivity index (χ1v) is 5.99. The second kappa shape index (κ2) is 6.19. The maximum Gasteiger partial charge on any atom is 0.303 e. The minimum atomic E-state index is -0.845. The second-order valence-electron chi connectivity index (χ2n) is 4.68. The Bertz CT molecular complexity index is 434. The number of carboxylic acid groups (broad SMARTS) is 1. The molecule has 0 bridgehead atoms. The van der Waals surface area contributed by atoms with Crippen LogP contribution in [-0.2, 0) is 4.79 Å². The molecule has 1 aromatic rings. The largest absolute Gasteiger partial charge is 0.481 e. The standard InChI is InChI=1S/C14H19NO3/c1-9-6-10(2)8-12(7-9)14(18)15-11(3)4-5-13(16)17/h6-8,11H,4-5H2,1-3H3,(H,15,18)(H,16,17). The topological polar surface area (TPSA) is 66.4 Å². The van der Waals surface area contributed by atoms with Crippen molar-refractivity contribution in [2.24, 2.45) is 0 Å². The molecule has 0 spiro atoms.